The summed E-state index contributed by atoms with van der Waals surface area (Å²) in [5.41, 5.74) is 5.16. The molecule has 0 spiro atoms. The van der Waals surface area contributed by atoms with Gasteiger partial charge in [-0.05, 0) is 79.7 Å². The van der Waals surface area contributed by atoms with Crippen molar-refractivity contribution in [2.45, 2.75) is 57.7 Å². The molecule has 11 nitrogen and oxygen atoms in total. The number of likely N-dealkylation sites (tertiary alicyclic amines) is 1. The number of nitrogens with zero attached hydrogens (tertiary/aromatic N) is 4. The summed E-state index contributed by atoms with van der Waals surface area (Å²) in [4.78, 5) is 47.6. The standard InChI is InChI=1S/C36H38N8O3/c1-23(2)32(43-36(46)47-3)35(45)44-18-8-13-31(44)34-40-22-30(42-34)25-15-14-24(28(19-25)26-10-6-16-37-20-26)9-4-5-11-27-21-39-33(41-27)29-12-7-17-38-29/h6,10,14-16,19-23,29,31-32,38H,7-8,12-13,17-18H2,1-3H3,(H,39,41)(H,40,42)(H,43,46)/t29-,31-,32-/m0/s1. The second kappa shape index (κ2) is 14.4. The van der Waals surface area contributed by atoms with Gasteiger partial charge in [-0.15, -0.1) is 0 Å². The van der Waals surface area contributed by atoms with Gasteiger partial charge in [0.15, 0.2) is 0 Å². The first-order valence-electron chi connectivity index (χ1n) is 16.0. The van der Waals surface area contributed by atoms with Gasteiger partial charge in [-0.25, -0.2) is 14.8 Å². The minimum absolute atomic E-state index is 0.106. The molecule has 47 heavy (non-hydrogen) atoms. The van der Waals surface area contributed by atoms with E-state index < -0.39 is 12.1 Å². The number of carbonyl (C=O) groups is 2. The summed E-state index contributed by atoms with van der Waals surface area (Å²) in [6.45, 7) is 5.40. The van der Waals surface area contributed by atoms with Gasteiger partial charge in [0.25, 0.3) is 0 Å². The molecule has 3 aromatic heterocycles. The molecule has 0 radical (unpaired) electrons. The zero-order valence-electron chi connectivity index (χ0n) is 26.8. The van der Waals surface area contributed by atoms with Crippen LogP contribution in [0.3, 0.4) is 0 Å². The highest BCUT2D eigenvalue weighted by molar-refractivity contribution is 5.86. The van der Waals surface area contributed by atoms with E-state index >= 15 is 0 Å². The fourth-order valence-electron chi connectivity index (χ4n) is 6.12. The Bertz CT molecular complexity index is 1850. The van der Waals surface area contributed by atoms with Crippen molar-refractivity contribution in [3.8, 4) is 46.1 Å². The average Bonchev–Trinajstić information content (AvgIpc) is 3.92. The number of nitrogens with one attached hydrogen (secondary N) is 4. The molecule has 1 aromatic carbocycles. The van der Waals surface area contributed by atoms with Crippen LogP contribution in [-0.2, 0) is 9.53 Å². The van der Waals surface area contributed by atoms with Crippen molar-refractivity contribution in [2.75, 3.05) is 20.2 Å². The van der Waals surface area contributed by atoms with Gasteiger partial charge in [-0.2, -0.15) is 0 Å². The Hall–Kier alpha value is -5.39. The van der Waals surface area contributed by atoms with Crippen LogP contribution in [0.4, 0.5) is 4.79 Å². The highest BCUT2D eigenvalue weighted by Gasteiger charge is 2.37. The third-order valence-corrected chi connectivity index (χ3v) is 8.58. The number of hydrogen-bond donors (Lipinski definition) is 4. The molecule has 2 saturated heterocycles. The molecular formula is C36H38N8O3. The highest BCUT2D eigenvalue weighted by Crippen LogP contribution is 2.34. The van der Waals surface area contributed by atoms with Crippen LogP contribution in [0.1, 0.15) is 74.5 Å². The smallest absolute Gasteiger partial charge is 0.407 e. The van der Waals surface area contributed by atoms with Gasteiger partial charge in [0.1, 0.15) is 23.4 Å². The summed E-state index contributed by atoms with van der Waals surface area (Å²) >= 11 is 0. The Balaban J connectivity index is 1.23. The Morgan fingerprint density at radius 1 is 1.00 bits per heavy atom. The van der Waals surface area contributed by atoms with Crippen LogP contribution in [0.25, 0.3) is 22.4 Å². The summed E-state index contributed by atoms with van der Waals surface area (Å²) in [5.74, 6) is 13.6. The molecule has 0 unspecified atom stereocenters. The molecule has 0 saturated carbocycles. The van der Waals surface area contributed by atoms with Gasteiger partial charge >= 0.3 is 6.09 Å². The van der Waals surface area contributed by atoms with Crippen molar-refractivity contribution in [3.63, 3.8) is 0 Å². The lowest BCUT2D eigenvalue weighted by Gasteiger charge is -2.30. The van der Waals surface area contributed by atoms with Crippen molar-refractivity contribution in [1.29, 1.82) is 0 Å². The summed E-state index contributed by atoms with van der Waals surface area (Å²) in [6, 6.07) is 9.28. The number of benzene rings is 1. The molecular weight excluding hydrogens is 592 g/mol. The molecule has 4 N–H and O–H groups in total. The van der Waals surface area contributed by atoms with Gasteiger partial charge in [0.05, 0.1) is 37.3 Å². The lowest BCUT2D eigenvalue weighted by atomic mass is 9.97. The third kappa shape index (κ3) is 7.21. The lowest BCUT2D eigenvalue weighted by Crippen LogP contribution is -2.51. The minimum Gasteiger partial charge on any atom is -0.453 e. The maximum Gasteiger partial charge on any atom is 0.407 e. The number of hydrogen-bond acceptors (Lipinski definition) is 7. The zero-order chi connectivity index (χ0) is 32.8. The Morgan fingerprint density at radius 3 is 2.62 bits per heavy atom. The van der Waals surface area contributed by atoms with Crippen LogP contribution in [0.15, 0.2) is 55.1 Å². The monoisotopic (exact) mass is 630 g/mol. The van der Waals surface area contributed by atoms with E-state index in [4.69, 9.17) is 9.72 Å². The maximum atomic E-state index is 13.6. The first-order chi connectivity index (χ1) is 22.9. The number of H-pyrrole nitrogens is 2. The number of amides is 2. The minimum atomic E-state index is -0.691. The topological polar surface area (TPSA) is 141 Å². The summed E-state index contributed by atoms with van der Waals surface area (Å²) < 4.78 is 4.76. The molecule has 4 aromatic rings. The number of alkyl carbamates (subject to hydrolysis) is 1. The molecule has 2 aliphatic heterocycles. The van der Waals surface area contributed by atoms with E-state index in [2.05, 4.69) is 60.3 Å². The second-order valence-corrected chi connectivity index (χ2v) is 12.1. The Labute approximate surface area is 274 Å². The van der Waals surface area contributed by atoms with Crippen LogP contribution < -0.4 is 10.6 Å². The fraction of sp³-hybridized carbons (Fsp3) is 0.361. The van der Waals surface area contributed by atoms with Gasteiger partial charge in [0.2, 0.25) is 5.91 Å². The molecule has 6 rings (SSSR count). The zero-order valence-corrected chi connectivity index (χ0v) is 26.8. The quantitative estimate of drug-likeness (QED) is 0.216. The molecule has 240 valence electrons. The lowest BCUT2D eigenvalue weighted by molar-refractivity contribution is -0.135. The first kappa shape index (κ1) is 31.6. The third-order valence-electron chi connectivity index (χ3n) is 8.58. The molecule has 2 fully saturated rings. The molecule has 5 heterocycles. The van der Waals surface area contributed by atoms with E-state index in [0.717, 1.165) is 71.7 Å². The van der Waals surface area contributed by atoms with Crippen LogP contribution >= 0.6 is 0 Å². The van der Waals surface area contributed by atoms with E-state index in [1.165, 1.54) is 7.11 Å². The fourth-order valence-corrected chi connectivity index (χ4v) is 6.12. The van der Waals surface area contributed by atoms with E-state index in [1.54, 1.807) is 23.5 Å². The number of imidazole rings is 2. The number of pyridine rings is 1. The van der Waals surface area contributed by atoms with Gasteiger partial charge in [0, 0.05) is 35.6 Å². The van der Waals surface area contributed by atoms with Gasteiger partial charge in [-0.3, -0.25) is 9.78 Å². The normalized spacial score (nSPS) is 17.8. The molecule has 11 heteroatoms. The van der Waals surface area contributed by atoms with Crippen molar-refractivity contribution in [3.05, 3.63) is 78.0 Å². The van der Waals surface area contributed by atoms with Crippen LogP contribution in [0.5, 0.6) is 0 Å². The number of aromatic amines is 2. The van der Waals surface area contributed by atoms with Crippen molar-refractivity contribution in [2.24, 2.45) is 5.92 Å². The molecule has 3 atom stereocenters. The van der Waals surface area contributed by atoms with E-state index in [-0.39, 0.29) is 23.9 Å². The van der Waals surface area contributed by atoms with Crippen LogP contribution in [-0.4, -0.2) is 68.1 Å². The largest absolute Gasteiger partial charge is 0.453 e. The summed E-state index contributed by atoms with van der Waals surface area (Å²) in [7, 11) is 1.29. The average molecular weight is 631 g/mol. The first-order valence-corrected chi connectivity index (χ1v) is 16.0. The van der Waals surface area contributed by atoms with Crippen LogP contribution in [0, 0.1) is 29.6 Å². The van der Waals surface area contributed by atoms with Crippen molar-refractivity contribution < 1.29 is 14.3 Å². The molecule has 0 aliphatic carbocycles. The van der Waals surface area contributed by atoms with Crippen LogP contribution in [0.2, 0.25) is 0 Å². The Morgan fingerprint density at radius 2 is 1.85 bits per heavy atom. The maximum absolute atomic E-state index is 13.6. The molecule has 2 amide bonds. The predicted octanol–water partition coefficient (Wildman–Crippen LogP) is 4.73. The molecule has 0 bridgehead atoms. The van der Waals surface area contributed by atoms with E-state index in [1.807, 2.05) is 44.3 Å². The Kier molecular flexibility index (Phi) is 9.65. The number of ether oxygens (including phenoxy) is 1. The number of carbonyl (C=O) groups excluding carboxylic acids is 2. The predicted molar refractivity (Wildman–Crippen MR) is 177 cm³/mol. The number of rotatable bonds is 7. The highest BCUT2D eigenvalue weighted by atomic mass is 16.5. The molecule has 2 aliphatic rings. The van der Waals surface area contributed by atoms with E-state index in [0.29, 0.717) is 12.4 Å². The van der Waals surface area contributed by atoms with Crippen molar-refractivity contribution in [1.82, 2.24) is 40.5 Å². The summed E-state index contributed by atoms with van der Waals surface area (Å²) in [6.07, 6.45) is 10.3. The summed E-state index contributed by atoms with van der Waals surface area (Å²) in [5, 5.41) is 6.13. The van der Waals surface area contributed by atoms with Gasteiger partial charge < -0.3 is 30.2 Å². The van der Waals surface area contributed by atoms with Gasteiger partial charge in [-0.1, -0.05) is 31.9 Å². The second-order valence-electron chi connectivity index (χ2n) is 12.1. The van der Waals surface area contributed by atoms with Crippen molar-refractivity contribution >= 4 is 12.0 Å². The number of methoxy groups -OCH3 is 1. The SMILES string of the molecule is COC(=O)N[C@H](C(=O)N1CCC[C@H]1c1ncc(-c2ccc(C#CC#Cc3cnc([C@@H]4CCCN4)[nH]3)c(-c3cccnc3)c2)[nH]1)C(C)C. The van der Waals surface area contributed by atoms with E-state index in [9.17, 15) is 9.59 Å². The number of aromatic nitrogens is 5.